The van der Waals surface area contributed by atoms with Crippen molar-refractivity contribution < 1.29 is 4.42 Å². The van der Waals surface area contributed by atoms with Crippen LogP contribution in [0.25, 0.3) is 21.3 Å². The van der Waals surface area contributed by atoms with Crippen molar-refractivity contribution in [1.82, 2.24) is 25.1 Å². The minimum Gasteiger partial charge on any atom is -0.414 e. The van der Waals surface area contributed by atoms with Gasteiger partial charge in [-0.25, -0.2) is 9.97 Å². The Labute approximate surface area is 164 Å². The van der Waals surface area contributed by atoms with Crippen molar-refractivity contribution in [2.45, 2.75) is 29.6 Å². The van der Waals surface area contributed by atoms with Crippen LogP contribution in [-0.4, -0.2) is 38.2 Å². The lowest BCUT2D eigenvalue weighted by Crippen LogP contribution is -2.18. The third-order valence-corrected chi connectivity index (χ3v) is 6.34. The largest absolute Gasteiger partial charge is 0.414 e. The molecule has 1 aliphatic rings. The number of nitrogens with zero attached hydrogens (tertiary/aromatic N) is 5. The van der Waals surface area contributed by atoms with Crippen LogP contribution >= 0.6 is 23.1 Å². The Balaban J connectivity index is 1.45. The molecule has 0 amide bonds. The van der Waals surface area contributed by atoms with Crippen molar-refractivity contribution in [2.75, 3.05) is 13.1 Å². The van der Waals surface area contributed by atoms with E-state index < -0.39 is 0 Å². The van der Waals surface area contributed by atoms with Crippen LogP contribution in [0.4, 0.5) is 0 Å². The highest BCUT2D eigenvalue weighted by atomic mass is 32.2. The summed E-state index contributed by atoms with van der Waals surface area (Å²) in [5.41, 5.74) is 2.29. The Morgan fingerprint density at radius 1 is 1.07 bits per heavy atom. The van der Waals surface area contributed by atoms with E-state index in [0.717, 1.165) is 46.0 Å². The zero-order chi connectivity index (χ0) is 18.1. The highest BCUT2D eigenvalue weighted by molar-refractivity contribution is 7.99. The van der Waals surface area contributed by atoms with Gasteiger partial charge in [-0.3, -0.25) is 4.90 Å². The van der Waals surface area contributed by atoms with Gasteiger partial charge < -0.3 is 4.42 Å². The molecule has 0 radical (unpaired) electrons. The first kappa shape index (κ1) is 16.9. The molecule has 0 atom stereocenters. The van der Waals surface area contributed by atoms with Gasteiger partial charge >= 0.3 is 0 Å². The Kier molecular flexibility index (Phi) is 4.61. The highest BCUT2D eigenvalue weighted by Gasteiger charge is 2.19. The van der Waals surface area contributed by atoms with Crippen LogP contribution in [-0.2, 0) is 6.54 Å². The lowest BCUT2D eigenvalue weighted by molar-refractivity contribution is 0.278. The van der Waals surface area contributed by atoms with E-state index >= 15 is 0 Å². The molecule has 4 heterocycles. The lowest BCUT2D eigenvalue weighted by Gasteiger charge is -2.10. The van der Waals surface area contributed by atoms with Crippen LogP contribution in [0.1, 0.15) is 18.7 Å². The van der Waals surface area contributed by atoms with Gasteiger partial charge in [-0.15, -0.1) is 21.5 Å². The first-order chi connectivity index (χ1) is 13.4. The third kappa shape index (κ3) is 3.47. The number of aromatic nitrogens is 4. The first-order valence-electron chi connectivity index (χ1n) is 8.87. The molecule has 0 unspecified atom stereocenters. The maximum Gasteiger partial charge on any atom is 0.283 e. The fraction of sp³-hybridized carbons (Fsp3) is 0.263. The van der Waals surface area contributed by atoms with Crippen molar-refractivity contribution >= 4 is 33.3 Å². The molecule has 0 spiro atoms. The van der Waals surface area contributed by atoms with Crippen LogP contribution in [0.2, 0.25) is 0 Å². The van der Waals surface area contributed by atoms with E-state index in [1.807, 2.05) is 18.2 Å². The number of benzene rings is 1. The van der Waals surface area contributed by atoms with Crippen molar-refractivity contribution in [1.29, 1.82) is 0 Å². The number of fused-ring (bicyclic) bond motifs is 1. The molecular formula is C19H17N5OS2. The van der Waals surface area contributed by atoms with Crippen molar-refractivity contribution in [3.63, 3.8) is 0 Å². The molecule has 136 valence electrons. The maximum absolute atomic E-state index is 5.86. The molecular weight excluding hydrogens is 378 g/mol. The molecule has 0 N–H and O–H groups in total. The topological polar surface area (TPSA) is 67.9 Å². The van der Waals surface area contributed by atoms with Gasteiger partial charge in [-0.2, -0.15) is 0 Å². The fourth-order valence-electron chi connectivity index (χ4n) is 3.31. The smallest absolute Gasteiger partial charge is 0.283 e. The molecule has 6 nitrogen and oxygen atoms in total. The van der Waals surface area contributed by atoms with Gasteiger partial charge in [0.1, 0.15) is 16.2 Å². The van der Waals surface area contributed by atoms with Gasteiger partial charge in [0.15, 0.2) is 0 Å². The van der Waals surface area contributed by atoms with Gasteiger partial charge in [0.05, 0.1) is 11.9 Å². The van der Waals surface area contributed by atoms with Crippen molar-refractivity contribution in [2.24, 2.45) is 0 Å². The highest BCUT2D eigenvalue weighted by Crippen LogP contribution is 2.39. The molecule has 4 aromatic rings. The molecule has 3 aromatic heterocycles. The Morgan fingerprint density at radius 2 is 1.93 bits per heavy atom. The number of likely N-dealkylation sites (tertiary alicyclic amines) is 1. The van der Waals surface area contributed by atoms with E-state index in [-0.39, 0.29) is 0 Å². The fourth-order valence-corrected chi connectivity index (χ4v) is 5.09. The van der Waals surface area contributed by atoms with Crippen LogP contribution in [0.3, 0.4) is 0 Å². The molecule has 5 rings (SSSR count). The van der Waals surface area contributed by atoms with E-state index in [1.165, 1.54) is 24.6 Å². The normalized spacial score (nSPS) is 15.0. The minimum absolute atomic E-state index is 0.523. The Morgan fingerprint density at radius 3 is 2.78 bits per heavy atom. The van der Waals surface area contributed by atoms with E-state index in [0.29, 0.717) is 11.1 Å². The van der Waals surface area contributed by atoms with E-state index in [2.05, 4.69) is 42.6 Å². The molecule has 0 bridgehead atoms. The monoisotopic (exact) mass is 395 g/mol. The van der Waals surface area contributed by atoms with Crippen LogP contribution < -0.4 is 0 Å². The predicted octanol–water partition coefficient (Wildman–Crippen LogP) is 4.49. The van der Waals surface area contributed by atoms with Crippen LogP contribution in [0.15, 0.2) is 56.7 Å². The molecule has 8 heteroatoms. The van der Waals surface area contributed by atoms with Crippen LogP contribution in [0, 0.1) is 0 Å². The Hall–Kier alpha value is -2.29. The zero-order valence-corrected chi connectivity index (χ0v) is 16.2. The van der Waals surface area contributed by atoms with Gasteiger partial charge in [-0.05, 0) is 43.3 Å². The quantitative estimate of drug-likeness (QED) is 0.461. The van der Waals surface area contributed by atoms with Crippen molar-refractivity contribution in [3.8, 4) is 11.1 Å². The summed E-state index contributed by atoms with van der Waals surface area (Å²) in [5, 5.41) is 13.0. The third-order valence-electron chi connectivity index (χ3n) is 4.61. The summed E-state index contributed by atoms with van der Waals surface area (Å²) in [6.45, 7) is 2.93. The summed E-state index contributed by atoms with van der Waals surface area (Å²) < 4.78 is 5.86. The van der Waals surface area contributed by atoms with Crippen LogP contribution in [0.5, 0.6) is 0 Å². The summed E-state index contributed by atoms with van der Waals surface area (Å²) in [6, 6.07) is 10.3. The summed E-state index contributed by atoms with van der Waals surface area (Å²) >= 11 is 3.03. The second-order valence-corrected chi connectivity index (χ2v) is 8.22. The van der Waals surface area contributed by atoms with E-state index in [1.54, 1.807) is 17.7 Å². The Bertz CT molecular complexity index is 1060. The molecule has 1 aliphatic heterocycles. The summed E-state index contributed by atoms with van der Waals surface area (Å²) in [7, 11) is 0. The number of rotatable bonds is 5. The molecule has 0 aliphatic carbocycles. The molecule has 1 saturated heterocycles. The number of hydrogen-bond acceptors (Lipinski definition) is 8. The average molecular weight is 396 g/mol. The minimum atomic E-state index is 0.523. The van der Waals surface area contributed by atoms with Gasteiger partial charge in [0.25, 0.3) is 5.22 Å². The average Bonchev–Trinajstić information content (AvgIpc) is 3.44. The second kappa shape index (κ2) is 7.38. The summed E-state index contributed by atoms with van der Waals surface area (Å²) in [6.07, 6.45) is 4.08. The van der Waals surface area contributed by atoms with E-state index in [4.69, 9.17) is 4.42 Å². The lowest BCUT2D eigenvalue weighted by atomic mass is 10.1. The number of thiophene rings is 1. The molecule has 1 aromatic carbocycles. The van der Waals surface area contributed by atoms with Crippen molar-refractivity contribution in [3.05, 3.63) is 47.9 Å². The maximum atomic E-state index is 5.86. The van der Waals surface area contributed by atoms with E-state index in [9.17, 15) is 0 Å². The van der Waals surface area contributed by atoms with Gasteiger partial charge in [0.2, 0.25) is 5.89 Å². The zero-order valence-electron chi connectivity index (χ0n) is 14.5. The number of hydrogen-bond donors (Lipinski definition) is 0. The standard InChI is InChI=1S/C19H17N5OS2/c1-2-6-13(7-3-1)14-11-26-17-16(14)18(21-12-20-17)27-19-23-22-15(25-19)10-24-8-4-5-9-24/h1-3,6-7,11-12H,4-5,8-10H2. The summed E-state index contributed by atoms with van der Waals surface area (Å²) in [5.74, 6) is 0.665. The SMILES string of the molecule is c1ccc(-c2csc3ncnc(Sc4nnc(CN5CCCC5)o4)c23)cc1. The molecule has 0 saturated carbocycles. The second-order valence-electron chi connectivity index (χ2n) is 6.42. The van der Waals surface area contributed by atoms with Gasteiger partial charge in [-0.1, -0.05) is 30.3 Å². The summed E-state index contributed by atoms with van der Waals surface area (Å²) in [4.78, 5) is 12.2. The molecule has 27 heavy (non-hydrogen) atoms. The van der Waals surface area contributed by atoms with Gasteiger partial charge in [0, 0.05) is 10.9 Å². The predicted molar refractivity (Wildman–Crippen MR) is 106 cm³/mol. The first-order valence-corrected chi connectivity index (χ1v) is 10.6. The molecule has 1 fully saturated rings.